The highest BCUT2D eigenvalue weighted by molar-refractivity contribution is 5.88. The standard InChI is InChI=1S/C49H36N2/c1-49(2)44-25-10-9-22-42(44)43-24-13-23-41(47(43)49)35-26-28-36(29-27-35)45-32-46(39-20-11-18-37(30-39)33-14-5-3-6-15-33)51-48(50-45)40-21-12-19-38(31-40)34-16-7-4-8-17-34/h3-32H,1-2H3. The first-order valence-electron chi connectivity index (χ1n) is 17.6. The second kappa shape index (κ2) is 12.5. The molecule has 0 unspecified atom stereocenters. The van der Waals surface area contributed by atoms with Gasteiger partial charge in [-0.3, -0.25) is 0 Å². The molecule has 2 nitrogen and oxygen atoms in total. The van der Waals surface area contributed by atoms with Crippen molar-refractivity contribution in [1.29, 1.82) is 0 Å². The van der Waals surface area contributed by atoms with E-state index in [1.54, 1.807) is 0 Å². The minimum atomic E-state index is -0.0831. The van der Waals surface area contributed by atoms with Crippen molar-refractivity contribution in [3.05, 3.63) is 193 Å². The van der Waals surface area contributed by atoms with Crippen molar-refractivity contribution in [2.45, 2.75) is 19.3 Å². The zero-order valence-corrected chi connectivity index (χ0v) is 28.7. The van der Waals surface area contributed by atoms with Crippen molar-refractivity contribution in [3.8, 4) is 78.4 Å². The Balaban J connectivity index is 1.15. The molecule has 0 radical (unpaired) electrons. The molecule has 7 aromatic carbocycles. The predicted molar refractivity (Wildman–Crippen MR) is 212 cm³/mol. The minimum absolute atomic E-state index is 0.0831. The van der Waals surface area contributed by atoms with Crippen LogP contribution >= 0.6 is 0 Å². The van der Waals surface area contributed by atoms with Crippen LogP contribution in [0.4, 0.5) is 0 Å². The summed E-state index contributed by atoms with van der Waals surface area (Å²) < 4.78 is 0. The van der Waals surface area contributed by atoms with Gasteiger partial charge in [-0.25, -0.2) is 9.97 Å². The molecule has 8 aromatic rings. The lowest BCUT2D eigenvalue weighted by atomic mass is 9.79. The van der Waals surface area contributed by atoms with Gasteiger partial charge < -0.3 is 0 Å². The van der Waals surface area contributed by atoms with Gasteiger partial charge in [-0.15, -0.1) is 0 Å². The second-order valence-electron chi connectivity index (χ2n) is 13.8. The summed E-state index contributed by atoms with van der Waals surface area (Å²) in [5.41, 5.74) is 17.4. The summed E-state index contributed by atoms with van der Waals surface area (Å²) in [7, 11) is 0. The molecule has 0 amide bonds. The molecule has 0 atom stereocenters. The van der Waals surface area contributed by atoms with E-state index >= 15 is 0 Å². The number of benzene rings is 7. The third kappa shape index (κ3) is 5.56. The van der Waals surface area contributed by atoms with Crippen LogP contribution in [0.25, 0.3) is 78.4 Å². The summed E-state index contributed by atoms with van der Waals surface area (Å²) in [5.74, 6) is 0.704. The molecule has 0 spiro atoms. The Bertz CT molecular complexity index is 2430. The van der Waals surface area contributed by atoms with Crippen LogP contribution in [0.1, 0.15) is 25.0 Å². The van der Waals surface area contributed by atoms with E-state index in [1.807, 2.05) is 6.07 Å². The lowest BCUT2D eigenvalue weighted by Gasteiger charge is -2.24. The van der Waals surface area contributed by atoms with E-state index in [0.29, 0.717) is 5.82 Å². The summed E-state index contributed by atoms with van der Waals surface area (Å²) in [6.45, 7) is 4.69. The Hall–Kier alpha value is -6.38. The quantitative estimate of drug-likeness (QED) is 0.179. The smallest absolute Gasteiger partial charge is 0.160 e. The minimum Gasteiger partial charge on any atom is -0.228 e. The summed E-state index contributed by atoms with van der Waals surface area (Å²) in [6.07, 6.45) is 0. The fraction of sp³-hybridized carbons (Fsp3) is 0.0612. The van der Waals surface area contributed by atoms with Gasteiger partial charge in [0.1, 0.15) is 0 Å². The molecular formula is C49H36N2. The molecule has 9 rings (SSSR count). The van der Waals surface area contributed by atoms with E-state index in [1.165, 1.54) is 44.5 Å². The van der Waals surface area contributed by atoms with E-state index < -0.39 is 0 Å². The summed E-state index contributed by atoms with van der Waals surface area (Å²) in [4.78, 5) is 10.4. The van der Waals surface area contributed by atoms with E-state index in [4.69, 9.17) is 9.97 Å². The van der Waals surface area contributed by atoms with Crippen LogP contribution in [0.3, 0.4) is 0 Å². The molecule has 0 aliphatic heterocycles. The maximum Gasteiger partial charge on any atom is 0.160 e. The molecule has 1 heterocycles. The summed E-state index contributed by atoms with van der Waals surface area (Å²) in [6, 6.07) is 64.7. The Morgan fingerprint density at radius 1 is 0.333 bits per heavy atom. The van der Waals surface area contributed by atoms with Gasteiger partial charge in [0.25, 0.3) is 0 Å². The first-order valence-corrected chi connectivity index (χ1v) is 17.6. The molecule has 2 heteroatoms. The van der Waals surface area contributed by atoms with Crippen molar-refractivity contribution in [2.24, 2.45) is 0 Å². The van der Waals surface area contributed by atoms with Crippen LogP contribution in [-0.4, -0.2) is 9.97 Å². The number of hydrogen-bond acceptors (Lipinski definition) is 2. The summed E-state index contributed by atoms with van der Waals surface area (Å²) in [5, 5.41) is 0. The van der Waals surface area contributed by atoms with Crippen LogP contribution in [0.5, 0.6) is 0 Å². The van der Waals surface area contributed by atoms with Crippen LogP contribution in [0.15, 0.2) is 182 Å². The average molecular weight is 653 g/mol. The van der Waals surface area contributed by atoms with Crippen molar-refractivity contribution in [3.63, 3.8) is 0 Å². The van der Waals surface area contributed by atoms with Crippen molar-refractivity contribution in [2.75, 3.05) is 0 Å². The van der Waals surface area contributed by atoms with Crippen LogP contribution in [-0.2, 0) is 5.41 Å². The molecule has 1 aliphatic rings. The van der Waals surface area contributed by atoms with E-state index in [0.717, 1.165) is 39.2 Å². The first kappa shape index (κ1) is 30.7. The first-order chi connectivity index (χ1) is 25.0. The van der Waals surface area contributed by atoms with Gasteiger partial charge in [0.05, 0.1) is 11.4 Å². The lowest BCUT2D eigenvalue weighted by Crippen LogP contribution is -2.16. The van der Waals surface area contributed by atoms with Gasteiger partial charge in [-0.2, -0.15) is 0 Å². The lowest BCUT2D eigenvalue weighted by molar-refractivity contribution is 0.662. The molecule has 242 valence electrons. The topological polar surface area (TPSA) is 25.8 Å². The van der Waals surface area contributed by atoms with Gasteiger partial charge >= 0.3 is 0 Å². The maximum atomic E-state index is 5.21. The zero-order valence-electron chi connectivity index (χ0n) is 28.7. The largest absolute Gasteiger partial charge is 0.228 e. The molecule has 0 saturated carbocycles. The number of hydrogen-bond donors (Lipinski definition) is 0. The number of rotatable bonds is 6. The summed E-state index contributed by atoms with van der Waals surface area (Å²) >= 11 is 0. The van der Waals surface area contributed by atoms with Crippen LogP contribution < -0.4 is 0 Å². The molecule has 0 fully saturated rings. The average Bonchev–Trinajstić information content (AvgIpc) is 3.44. The maximum absolute atomic E-state index is 5.21. The third-order valence-corrected chi connectivity index (χ3v) is 10.3. The van der Waals surface area contributed by atoms with Gasteiger partial charge in [0, 0.05) is 22.1 Å². The van der Waals surface area contributed by atoms with E-state index in [2.05, 4.69) is 190 Å². The van der Waals surface area contributed by atoms with Crippen molar-refractivity contribution < 1.29 is 0 Å². The molecule has 0 bridgehead atoms. The molecule has 1 aliphatic carbocycles. The number of fused-ring (bicyclic) bond motifs is 3. The van der Waals surface area contributed by atoms with E-state index in [-0.39, 0.29) is 5.41 Å². The Kier molecular flexibility index (Phi) is 7.51. The molecule has 0 N–H and O–H groups in total. The van der Waals surface area contributed by atoms with Crippen molar-refractivity contribution >= 4 is 0 Å². The molecule has 1 aromatic heterocycles. The van der Waals surface area contributed by atoms with Crippen LogP contribution in [0.2, 0.25) is 0 Å². The van der Waals surface area contributed by atoms with Crippen LogP contribution in [0, 0.1) is 0 Å². The fourth-order valence-corrected chi connectivity index (χ4v) is 7.74. The molecule has 0 saturated heterocycles. The zero-order chi connectivity index (χ0) is 34.4. The Labute approximate surface area is 299 Å². The highest BCUT2D eigenvalue weighted by Crippen LogP contribution is 2.52. The normalized spacial score (nSPS) is 12.7. The predicted octanol–water partition coefficient (Wildman–Crippen LogP) is 12.8. The highest BCUT2D eigenvalue weighted by atomic mass is 14.9. The fourth-order valence-electron chi connectivity index (χ4n) is 7.74. The van der Waals surface area contributed by atoms with Gasteiger partial charge in [0.2, 0.25) is 0 Å². The van der Waals surface area contributed by atoms with Gasteiger partial charge in [-0.05, 0) is 73.8 Å². The Morgan fingerprint density at radius 3 is 1.49 bits per heavy atom. The third-order valence-electron chi connectivity index (χ3n) is 10.3. The Morgan fingerprint density at radius 2 is 0.804 bits per heavy atom. The van der Waals surface area contributed by atoms with Gasteiger partial charge in [0.15, 0.2) is 5.82 Å². The monoisotopic (exact) mass is 652 g/mol. The molecule has 51 heavy (non-hydrogen) atoms. The number of aromatic nitrogens is 2. The highest BCUT2D eigenvalue weighted by Gasteiger charge is 2.37. The molecular weight excluding hydrogens is 617 g/mol. The van der Waals surface area contributed by atoms with Crippen molar-refractivity contribution in [1.82, 2.24) is 9.97 Å². The number of nitrogens with zero attached hydrogens (tertiary/aromatic N) is 2. The van der Waals surface area contributed by atoms with E-state index in [9.17, 15) is 0 Å². The van der Waals surface area contributed by atoms with Gasteiger partial charge in [-0.1, -0.05) is 178 Å². The second-order valence-corrected chi connectivity index (χ2v) is 13.8. The SMILES string of the molecule is CC1(C)c2ccccc2-c2cccc(-c3ccc(-c4cc(-c5cccc(-c6ccccc6)c5)nc(-c5cccc(-c6ccccc6)c5)n4)cc3)c21.